The van der Waals surface area contributed by atoms with Gasteiger partial charge in [-0.2, -0.15) is 0 Å². The summed E-state index contributed by atoms with van der Waals surface area (Å²) in [5, 5.41) is 3.21. The van der Waals surface area contributed by atoms with Crippen LogP contribution in [0.3, 0.4) is 0 Å². The van der Waals surface area contributed by atoms with E-state index >= 15 is 0 Å². The van der Waals surface area contributed by atoms with Crippen molar-refractivity contribution in [1.29, 1.82) is 0 Å². The maximum Gasteiger partial charge on any atom is 0.248 e. The van der Waals surface area contributed by atoms with Gasteiger partial charge in [-0.1, -0.05) is 39.7 Å². The molecule has 0 saturated heterocycles. The molecular weight excluding hydrogens is 354 g/mol. The highest BCUT2D eigenvalue weighted by atomic mass is 79.9. The number of rotatable bonds is 4. The highest BCUT2D eigenvalue weighted by molar-refractivity contribution is 9.10. The average Bonchev–Trinajstić information content (AvgIpc) is 2.48. The van der Waals surface area contributed by atoms with Gasteiger partial charge in [0.15, 0.2) is 0 Å². The summed E-state index contributed by atoms with van der Waals surface area (Å²) in [6.07, 6.45) is 3.16. The van der Waals surface area contributed by atoms with Crippen molar-refractivity contribution in [3.8, 4) is 5.75 Å². The Balaban J connectivity index is 2.05. The van der Waals surface area contributed by atoms with Crippen LogP contribution in [0.1, 0.15) is 5.56 Å². The van der Waals surface area contributed by atoms with Crippen molar-refractivity contribution >= 4 is 45.2 Å². The van der Waals surface area contributed by atoms with Crippen LogP contribution >= 0.6 is 27.5 Å². The third-order valence-electron chi connectivity index (χ3n) is 2.71. The van der Waals surface area contributed by atoms with E-state index in [1.807, 2.05) is 30.3 Å². The number of halogens is 2. The number of methoxy groups -OCH3 is 1. The molecule has 2 aromatic rings. The molecule has 3 nitrogen and oxygen atoms in total. The van der Waals surface area contributed by atoms with Crippen LogP contribution < -0.4 is 10.1 Å². The lowest BCUT2D eigenvalue weighted by Crippen LogP contribution is -2.08. The van der Waals surface area contributed by atoms with Gasteiger partial charge < -0.3 is 10.1 Å². The lowest BCUT2D eigenvalue weighted by atomic mass is 10.2. The summed E-state index contributed by atoms with van der Waals surface area (Å²) in [5.74, 6) is 0.496. The normalized spacial score (nSPS) is 10.6. The molecule has 0 fully saturated rings. The number of hydrogen-bond donors (Lipinski definition) is 1. The molecule has 0 unspecified atom stereocenters. The lowest BCUT2D eigenvalue weighted by Gasteiger charge is -2.05. The van der Waals surface area contributed by atoms with Crippen LogP contribution in [0.5, 0.6) is 5.75 Å². The van der Waals surface area contributed by atoms with Crippen molar-refractivity contribution in [2.24, 2.45) is 0 Å². The molecule has 5 heteroatoms. The van der Waals surface area contributed by atoms with Gasteiger partial charge in [0.2, 0.25) is 5.91 Å². The Bertz CT molecular complexity index is 686. The molecule has 108 valence electrons. The number of hydrogen-bond acceptors (Lipinski definition) is 2. The second-order valence-corrected chi connectivity index (χ2v) is 5.55. The van der Waals surface area contributed by atoms with E-state index in [0.717, 1.165) is 15.8 Å². The van der Waals surface area contributed by atoms with Crippen molar-refractivity contribution in [3.05, 3.63) is 63.6 Å². The minimum absolute atomic E-state index is 0.248. The lowest BCUT2D eigenvalue weighted by molar-refractivity contribution is -0.111. The summed E-state index contributed by atoms with van der Waals surface area (Å²) >= 11 is 9.36. The van der Waals surface area contributed by atoms with Gasteiger partial charge in [0.25, 0.3) is 0 Å². The molecule has 21 heavy (non-hydrogen) atoms. The summed E-state index contributed by atoms with van der Waals surface area (Å²) in [5.41, 5.74) is 1.45. The minimum Gasteiger partial charge on any atom is -0.497 e. The molecule has 0 aliphatic carbocycles. The zero-order valence-electron chi connectivity index (χ0n) is 11.3. The van der Waals surface area contributed by atoms with Crippen molar-refractivity contribution < 1.29 is 9.53 Å². The van der Waals surface area contributed by atoms with E-state index in [1.54, 1.807) is 25.3 Å². The van der Waals surface area contributed by atoms with Crippen LogP contribution in [-0.4, -0.2) is 13.0 Å². The Labute approximate surface area is 136 Å². The molecule has 0 aliphatic rings. The number of ether oxygens (including phenoxy) is 1. The summed E-state index contributed by atoms with van der Waals surface area (Å²) in [6.45, 7) is 0. The quantitative estimate of drug-likeness (QED) is 0.792. The van der Waals surface area contributed by atoms with Crippen molar-refractivity contribution in [1.82, 2.24) is 0 Å². The van der Waals surface area contributed by atoms with Crippen LogP contribution in [-0.2, 0) is 4.79 Å². The van der Waals surface area contributed by atoms with Gasteiger partial charge in [0.1, 0.15) is 5.75 Å². The molecule has 2 aromatic carbocycles. The van der Waals surface area contributed by atoms with Crippen LogP contribution in [0, 0.1) is 0 Å². The van der Waals surface area contributed by atoms with Crippen molar-refractivity contribution in [2.45, 2.75) is 0 Å². The van der Waals surface area contributed by atoms with Crippen LogP contribution in [0.4, 0.5) is 5.69 Å². The molecule has 0 radical (unpaired) electrons. The molecule has 0 saturated carbocycles. The number of benzene rings is 2. The van der Waals surface area contributed by atoms with E-state index in [4.69, 9.17) is 16.3 Å². The van der Waals surface area contributed by atoms with Gasteiger partial charge in [0, 0.05) is 10.5 Å². The topological polar surface area (TPSA) is 38.3 Å². The molecule has 0 aliphatic heterocycles. The molecule has 0 atom stereocenters. The number of anilines is 1. The summed E-state index contributed by atoms with van der Waals surface area (Å²) in [6, 6.07) is 12.7. The third-order valence-corrected chi connectivity index (χ3v) is 3.52. The Morgan fingerprint density at radius 1 is 1.29 bits per heavy atom. The Morgan fingerprint density at radius 3 is 2.81 bits per heavy atom. The minimum atomic E-state index is -0.248. The first-order valence-electron chi connectivity index (χ1n) is 6.16. The van der Waals surface area contributed by atoms with Gasteiger partial charge in [0.05, 0.1) is 17.8 Å². The molecule has 1 amide bonds. The zero-order chi connectivity index (χ0) is 15.2. The number of nitrogens with one attached hydrogen (secondary N) is 1. The predicted molar refractivity (Wildman–Crippen MR) is 89.8 cm³/mol. The standard InChI is InChI=1S/C16H13BrClNO2/c1-21-13-4-2-3-11(9-13)5-8-16(20)19-15-7-6-12(17)10-14(15)18/h2-10H,1H3,(H,19,20)/b8-5+. The largest absolute Gasteiger partial charge is 0.497 e. The van der Waals surface area contributed by atoms with Gasteiger partial charge in [-0.05, 0) is 42.0 Å². The second kappa shape index (κ2) is 7.29. The molecule has 0 spiro atoms. The number of amides is 1. The van der Waals surface area contributed by atoms with Gasteiger partial charge in [-0.25, -0.2) is 0 Å². The molecule has 1 N–H and O–H groups in total. The van der Waals surface area contributed by atoms with E-state index in [1.165, 1.54) is 6.08 Å². The van der Waals surface area contributed by atoms with Crippen molar-refractivity contribution in [3.63, 3.8) is 0 Å². The number of carbonyl (C=O) groups excluding carboxylic acids is 1. The fourth-order valence-electron chi connectivity index (χ4n) is 1.68. The van der Waals surface area contributed by atoms with E-state index in [-0.39, 0.29) is 5.91 Å². The summed E-state index contributed by atoms with van der Waals surface area (Å²) in [7, 11) is 1.60. The first-order chi connectivity index (χ1) is 10.1. The Kier molecular flexibility index (Phi) is 5.42. The van der Waals surface area contributed by atoms with Crippen LogP contribution in [0.2, 0.25) is 5.02 Å². The Morgan fingerprint density at radius 2 is 2.10 bits per heavy atom. The summed E-state index contributed by atoms with van der Waals surface area (Å²) < 4.78 is 5.99. The number of carbonyl (C=O) groups is 1. The zero-order valence-corrected chi connectivity index (χ0v) is 13.6. The van der Waals surface area contributed by atoms with Crippen molar-refractivity contribution in [2.75, 3.05) is 12.4 Å². The van der Waals surface area contributed by atoms with Crippen LogP contribution in [0.15, 0.2) is 53.0 Å². The smallest absolute Gasteiger partial charge is 0.248 e. The van der Waals surface area contributed by atoms with Gasteiger partial charge in [-0.3, -0.25) is 4.79 Å². The molecule has 0 heterocycles. The molecule has 0 bridgehead atoms. The van der Waals surface area contributed by atoms with E-state index in [2.05, 4.69) is 21.2 Å². The Hall–Kier alpha value is -1.78. The maximum atomic E-state index is 11.9. The highest BCUT2D eigenvalue weighted by Gasteiger charge is 2.03. The molecular formula is C16H13BrClNO2. The fraction of sp³-hybridized carbons (Fsp3) is 0.0625. The fourth-order valence-corrected chi connectivity index (χ4v) is 2.40. The first kappa shape index (κ1) is 15.6. The maximum absolute atomic E-state index is 11.9. The third kappa shape index (κ3) is 4.62. The van der Waals surface area contributed by atoms with E-state index in [9.17, 15) is 4.79 Å². The summed E-state index contributed by atoms with van der Waals surface area (Å²) in [4.78, 5) is 11.9. The monoisotopic (exact) mass is 365 g/mol. The van der Waals surface area contributed by atoms with Gasteiger partial charge in [-0.15, -0.1) is 0 Å². The van der Waals surface area contributed by atoms with Crippen LogP contribution in [0.25, 0.3) is 6.08 Å². The SMILES string of the molecule is COc1cccc(/C=C/C(=O)Nc2ccc(Br)cc2Cl)c1. The second-order valence-electron chi connectivity index (χ2n) is 4.22. The molecule has 2 rings (SSSR count). The van der Waals surface area contributed by atoms with Gasteiger partial charge >= 0.3 is 0 Å². The first-order valence-corrected chi connectivity index (χ1v) is 7.34. The van der Waals surface area contributed by atoms with E-state index < -0.39 is 0 Å². The molecule has 0 aromatic heterocycles. The highest BCUT2D eigenvalue weighted by Crippen LogP contribution is 2.25. The predicted octanol–water partition coefficient (Wildman–Crippen LogP) is 4.76. The van der Waals surface area contributed by atoms with E-state index in [0.29, 0.717) is 10.7 Å². The average molecular weight is 367 g/mol.